The Morgan fingerprint density at radius 3 is 1.97 bits per heavy atom. The number of halogens is 3. The van der Waals surface area contributed by atoms with Gasteiger partial charge in [-0.15, -0.1) is 0 Å². The highest BCUT2D eigenvalue weighted by molar-refractivity contribution is 5.79. The molecule has 7 heteroatoms. The highest BCUT2D eigenvalue weighted by atomic mass is 19.4. The van der Waals surface area contributed by atoms with Gasteiger partial charge in [0.15, 0.2) is 0 Å². The molecule has 0 aromatic heterocycles. The van der Waals surface area contributed by atoms with E-state index in [9.17, 15) is 18.0 Å². The minimum absolute atomic E-state index is 0.0553. The molecular formula is C23H36F3N3O. The normalized spacial score (nSPS) is 41.0. The van der Waals surface area contributed by atoms with Crippen LogP contribution in [0.5, 0.6) is 0 Å². The van der Waals surface area contributed by atoms with Crippen molar-refractivity contribution in [2.24, 2.45) is 23.2 Å². The Hall–Kier alpha value is -0.820. The Bertz CT molecular complexity index is 656. The molecule has 6 fully saturated rings. The molecule has 1 N–H and O–H groups in total. The molecule has 1 amide bonds. The zero-order valence-electron chi connectivity index (χ0n) is 18.3. The van der Waals surface area contributed by atoms with Crippen LogP contribution in [0.25, 0.3) is 0 Å². The average Bonchev–Trinajstić information content (AvgIpc) is 3.17. The Kier molecular flexibility index (Phi) is 4.98. The van der Waals surface area contributed by atoms with Crippen LogP contribution in [-0.2, 0) is 4.79 Å². The van der Waals surface area contributed by atoms with Crippen LogP contribution in [0.3, 0.4) is 0 Å². The number of nitrogens with zero attached hydrogens (tertiary/aromatic N) is 2. The van der Waals surface area contributed by atoms with E-state index in [-0.39, 0.29) is 17.9 Å². The van der Waals surface area contributed by atoms with Gasteiger partial charge in [-0.3, -0.25) is 14.6 Å². The first-order chi connectivity index (χ1) is 14.0. The summed E-state index contributed by atoms with van der Waals surface area (Å²) >= 11 is 0. The molecule has 30 heavy (non-hydrogen) atoms. The van der Waals surface area contributed by atoms with E-state index >= 15 is 0 Å². The number of likely N-dealkylation sites (tertiary alicyclic amines) is 2. The minimum atomic E-state index is -4.16. The highest BCUT2D eigenvalue weighted by Crippen LogP contribution is 2.55. The van der Waals surface area contributed by atoms with Crippen molar-refractivity contribution >= 4 is 5.91 Å². The number of carbonyl (C=O) groups is 1. The molecule has 6 bridgehead atoms. The number of hydrogen-bond acceptors (Lipinski definition) is 3. The maximum atomic E-state index is 13.1. The molecule has 2 saturated heterocycles. The molecule has 2 aliphatic heterocycles. The van der Waals surface area contributed by atoms with Crippen molar-refractivity contribution in [2.45, 2.75) is 89.0 Å². The molecule has 170 valence electrons. The van der Waals surface area contributed by atoms with Gasteiger partial charge in [0.1, 0.15) is 0 Å². The molecule has 0 radical (unpaired) electrons. The minimum Gasteiger partial charge on any atom is -0.350 e. The first-order valence-corrected chi connectivity index (χ1v) is 11.9. The number of nitrogens with one attached hydrogen (secondary N) is 1. The van der Waals surface area contributed by atoms with Gasteiger partial charge in [0.25, 0.3) is 0 Å². The summed E-state index contributed by atoms with van der Waals surface area (Å²) in [4.78, 5) is 17.4. The van der Waals surface area contributed by atoms with Gasteiger partial charge in [-0.2, -0.15) is 13.2 Å². The van der Waals surface area contributed by atoms with Crippen molar-refractivity contribution in [3.63, 3.8) is 0 Å². The second-order valence-electron chi connectivity index (χ2n) is 11.8. The monoisotopic (exact) mass is 427 g/mol. The van der Waals surface area contributed by atoms with Gasteiger partial charge in [-0.1, -0.05) is 13.8 Å². The average molecular weight is 428 g/mol. The van der Waals surface area contributed by atoms with Gasteiger partial charge < -0.3 is 5.32 Å². The molecule has 4 aliphatic carbocycles. The number of hydrogen-bond donors (Lipinski definition) is 1. The Morgan fingerprint density at radius 1 is 0.933 bits per heavy atom. The number of fused-ring (bicyclic) bond motifs is 2. The van der Waals surface area contributed by atoms with E-state index in [4.69, 9.17) is 0 Å². The number of rotatable bonds is 6. The summed E-state index contributed by atoms with van der Waals surface area (Å²) in [5, 5.41) is 3.46. The van der Waals surface area contributed by atoms with Gasteiger partial charge >= 0.3 is 6.18 Å². The fraction of sp³-hybridized carbons (Fsp3) is 0.957. The van der Waals surface area contributed by atoms with Crippen molar-refractivity contribution < 1.29 is 18.0 Å². The van der Waals surface area contributed by atoms with Crippen LogP contribution in [0.2, 0.25) is 0 Å². The van der Waals surface area contributed by atoms with E-state index in [0.717, 1.165) is 37.3 Å². The molecule has 0 unspecified atom stereocenters. The number of alkyl halides is 3. The number of carbonyl (C=O) groups excluding carboxylic acids is 1. The Morgan fingerprint density at radius 2 is 1.47 bits per heavy atom. The summed E-state index contributed by atoms with van der Waals surface area (Å²) in [7, 11) is 0. The van der Waals surface area contributed by atoms with Gasteiger partial charge in [0.05, 0.1) is 12.0 Å². The van der Waals surface area contributed by atoms with E-state index in [1.165, 1.54) is 52.4 Å². The maximum Gasteiger partial charge on any atom is 0.394 e. The maximum absolute atomic E-state index is 13.1. The molecule has 0 aromatic carbocycles. The third-order valence-electron chi connectivity index (χ3n) is 9.05. The van der Waals surface area contributed by atoms with Crippen molar-refractivity contribution in [3.05, 3.63) is 0 Å². The summed E-state index contributed by atoms with van der Waals surface area (Å²) in [6.07, 6.45) is 4.55. The van der Waals surface area contributed by atoms with Crippen molar-refractivity contribution in [1.29, 1.82) is 0 Å². The van der Waals surface area contributed by atoms with Crippen molar-refractivity contribution in [2.75, 3.05) is 26.2 Å². The van der Waals surface area contributed by atoms with Crippen LogP contribution in [-0.4, -0.2) is 65.7 Å². The van der Waals surface area contributed by atoms with Crippen LogP contribution in [0.1, 0.15) is 65.2 Å². The zero-order valence-corrected chi connectivity index (χ0v) is 18.3. The predicted octanol–water partition coefficient (Wildman–Crippen LogP) is 3.81. The van der Waals surface area contributed by atoms with Crippen LogP contribution >= 0.6 is 0 Å². The van der Waals surface area contributed by atoms with Crippen molar-refractivity contribution in [3.8, 4) is 0 Å². The van der Waals surface area contributed by atoms with Crippen molar-refractivity contribution in [1.82, 2.24) is 15.1 Å². The van der Waals surface area contributed by atoms with Gasteiger partial charge in [-0.25, -0.2) is 0 Å². The molecule has 2 atom stereocenters. The highest BCUT2D eigenvalue weighted by Gasteiger charge is 2.52. The van der Waals surface area contributed by atoms with Crippen LogP contribution < -0.4 is 5.32 Å². The summed E-state index contributed by atoms with van der Waals surface area (Å²) in [5.41, 5.74) is -1.59. The summed E-state index contributed by atoms with van der Waals surface area (Å²) in [6, 6.07) is 0.609. The largest absolute Gasteiger partial charge is 0.394 e. The van der Waals surface area contributed by atoms with Gasteiger partial charge in [0.2, 0.25) is 5.91 Å². The SMILES string of the molecule is CC(C)(CCN1C[C@@H]2C[C@H]1CN2CC(=O)NC12CC3CC(CC(C3)C1)C2)C(F)(F)F. The molecule has 0 aromatic rings. The van der Waals surface area contributed by atoms with Gasteiger partial charge in [0, 0.05) is 30.7 Å². The fourth-order valence-electron chi connectivity index (χ4n) is 7.65. The Labute approximate surface area is 177 Å². The lowest BCUT2D eigenvalue weighted by atomic mass is 9.53. The summed E-state index contributed by atoms with van der Waals surface area (Å²) < 4.78 is 39.4. The standard InChI is InChI=1S/C23H36F3N3O/c1-21(2,23(24,25)26)3-4-28-12-19-8-18(28)13-29(19)14-20(30)27-22-9-15-5-16(10-22)7-17(6-15)11-22/h15-19H,3-14H2,1-2H3,(H,27,30)/t15?,16?,17?,18-,19-,22?/m0/s1. The third-order valence-corrected chi connectivity index (χ3v) is 9.05. The smallest absolute Gasteiger partial charge is 0.350 e. The molecule has 4 saturated carbocycles. The predicted molar refractivity (Wildman–Crippen MR) is 109 cm³/mol. The molecular weight excluding hydrogens is 391 g/mol. The Balaban J connectivity index is 1.11. The van der Waals surface area contributed by atoms with E-state index in [1.807, 2.05) is 0 Å². The second kappa shape index (κ2) is 7.09. The molecule has 2 heterocycles. The van der Waals surface area contributed by atoms with Crippen LogP contribution in [0.4, 0.5) is 13.2 Å². The number of amides is 1. The topological polar surface area (TPSA) is 35.6 Å². The van der Waals surface area contributed by atoms with Crippen LogP contribution in [0, 0.1) is 23.2 Å². The summed E-state index contributed by atoms with van der Waals surface area (Å²) in [6.45, 7) is 5.13. The zero-order chi connectivity index (χ0) is 21.3. The third kappa shape index (κ3) is 3.78. The first kappa shape index (κ1) is 21.0. The molecule has 6 rings (SSSR count). The van der Waals surface area contributed by atoms with E-state index in [0.29, 0.717) is 25.2 Å². The first-order valence-electron chi connectivity index (χ1n) is 11.9. The summed E-state index contributed by atoms with van der Waals surface area (Å²) in [5.74, 6) is 2.60. The fourth-order valence-corrected chi connectivity index (χ4v) is 7.65. The lowest BCUT2D eigenvalue weighted by Gasteiger charge is -2.57. The number of piperazine rings is 1. The molecule has 0 spiro atoms. The lowest BCUT2D eigenvalue weighted by molar-refractivity contribution is -0.214. The lowest BCUT2D eigenvalue weighted by Crippen LogP contribution is -2.61. The quantitative estimate of drug-likeness (QED) is 0.700. The van der Waals surface area contributed by atoms with Crippen LogP contribution in [0.15, 0.2) is 0 Å². The molecule has 4 nitrogen and oxygen atoms in total. The van der Waals surface area contributed by atoms with Gasteiger partial charge in [-0.05, 0) is 75.7 Å². The van der Waals surface area contributed by atoms with E-state index in [2.05, 4.69) is 15.1 Å². The van der Waals surface area contributed by atoms with E-state index in [1.54, 1.807) is 0 Å². The van der Waals surface area contributed by atoms with E-state index < -0.39 is 11.6 Å². The second-order valence-corrected chi connectivity index (χ2v) is 11.8. The molecule has 6 aliphatic rings.